The van der Waals surface area contributed by atoms with E-state index >= 15 is 0 Å². The summed E-state index contributed by atoms with van der Waals surface area (Å²) in [6.45, 7) is 14.1. The Kier molecular flexibility index (Phi) is 8.59. The van der Waals surface area contributed by atoms with E-state index in [-0.39, 0.29) is 0 Å². The summed E-state index contributed by atoms with van der Waals surface area (Å²) >= 11 is 0. The van der Waals surface area contributed by atoms with Gasteiger partial charge in [-0.15, -0.1) is 0 Å². The zero-order chi connectivity index (χ0) is 22.1. The molecule has 2 rings (SSSR count). The van der Waals surface area contributed by atoms with Gasteiger partial charge in [0, 0.05) is 38.9 Å². The normalized spacial score (nSPS) is 17.8. The number of nitrogens with zero attached hydrogens (tertiary/aromatic N) is 3. The van der Waals surface area contributed by atoms with Crippen LogP contribution in [0.1, 0.15) is 45.2 Å². The van der Waals surface area contributed by atoms with Crippen molar-refractivity contribution in [1.82, 2.24) is 10.2 Å². The Morgan fingerprint density at radius 2 is 2.17 bits per heavy atom. The first-order valence-electron chi connectivity index (χ1n) is 10.2. The quantitative estimate of drug-likeness (QED) is 0.562. The van der Waals surface area contributed by atoms with Gasteiger partial charge in [-0.3, -0.25) is 0 Å². The van der Waals surface area contributed by atoms with Crippen molar-refractivity contribution in [2.24, 2.45) is 15.9 Å². The van der Waals surface area contributed by atoms with E-state index in [1.807, 2.05) is 58.2 Å². The summed E-state index contributed by atoms with van der Waals surface area (Å²) in [5.74, 6) is 1.14. The minimum absolute atomic E-state index is 0.396. The molecule has 0 saturated carbocycles. The summed E-state index contributed by atoms with van der Waals surface area (Å²) in [6.07, 6.45) is 2.45. The molecular formula is C23H34N4O3. The molecule has 1 fully saturated rings. The smallest absolute Gasteiger partial charge is 0.407 e. The Morgan fingerprint density at radius 1 is 1.40 bits per heavy atom. The van der Waals surface area contributed by atoms with Crippen molar-refractivity contribution in [2.75, 3.05) is 26.8 Å². The van der Waals surface area contributed by atoms with Crippen molar-refractivity contribution in [3.63, 3.8) is 0 Å². The molecule has 1 saturated heterocycles. The molecule has 1 unspecified atom stereocenters. The molecule has 7 heteroatoms. The molecule has 0 aromatic heterocycles. The third-order valence-electron chi connectivity index (χ3n) is 4.70. The molecule has 1 aliphatic heterocycles. The molecule has 1 atom stereocenters. The van der Waals surface area contributed by atoms with Crippen molar-refractivity contribution in [3.8, 4) is 0 Å². The van der Waals surface area contributed by atoms with Crippen molar-refractivity contribution in [3.05, 3.63) is 41.6 Å². The van der Waals surface area contributed by atoms with Crippen LogP contribution < -0.4 is 5.32 Å². The average molecular weight is 415 g/mol. The number of benzene rings is 1. The summed E-state index contributed by atoms with van der Waals surface area (Å²) in [7, 11) is 1.73. The number of likely N-dealkylation sites (tertiary alicyclic amines) is 1. The predicted molar refractivity (Wildman–Crippen MR) is 122 cm³/mol. The standard InChI is InChI=1S/C23H34N4O3/c1-17(13-25-21(24-5)27-11-10-19(15-27)16-29-6)20-9-7-8-18(12-20)14-26-22(28)30-23(2,3)4/h7-9,12-13,19H,5,10-11,14-16H2,1-4,6H3,(H,26,28)/b17-13+,25-21?. The monoisotopic (exact) mass is 414 g/mol. The SMILES string of the molecule is C=NC(=N/C=C(\C)c1cccc(CNC(=O)OC(C)(C)C)c1)N1CCC(COC)C1. The number of rotatable bonds is 6. The number of methoxy groups -OCH3 is 1. The summed E-state index contributed by atoms with van der Waals surface area (Å²) in [5, 5.41) is 2.78. The molecule has 0 aliphatic carbocycles. The van der Waals surface area contributed by atoms with Gasteiger partial charge in [-0.25, -0.2) is 14.8 Å². The maximum atomic E-state index is 11.9. The Balaban J connectivity index is 2.01. The molecule has 1 aromatic carbocycles. The van der Waals surface area contributed by atoms with Crippen LogP contribution in [0, 0.1) is 5.92 Å². The highest BCUT2D eigenvalue weighted by Crippen LogP contribution is 2.19. The van der Waals surface area contributed by atoms with Crippen LogP contribution in [0.25, 0.3) is 5.57 Å². The number of amides is 1. The van der Waals surface area contributed by atoms with Gasteiger partial charge in [0.2, 0.25) is 5.96 Å². The van der Waals surface area contributed by atoms with Gasteiger partial charge in [-0.2, -0.15) is 0 Å². The first-order chi connectivity index (χ1) is 14.2. The number of guanidine groups is 1. The number of aliphatic imine (C=N–C) groups is 2. The number of hydrogen-bond acceptors (Lipinski definition) is 4. The molecule has 1 heterocycles. The van der Waals surface area contributed by atoms with E-state index in [4.69, 9.17) is 9.47 Å². The number of allylic oxidation sites excluding steroid dienone is 1. The maximum absolute atomic E-state index is 11.9. The third-order valence-corrected chi connectivity index (χ3v) is 4.70. The van der Waals surface area contributed by atoms with Gasteiger partial charge in [0.1, 0.15) is 5.60 Å². The minimum Gasteiger partial charge on any atom is -0.444 e. The van der Waals surface area contributed by atoms with Gasteiger partial charge in [0.15, 0.2) is 0 Å². The number of alkyl carbamates (subject to hydrolysis) is 1. The molecule has 7 nitrogen and oxygen atoms in total. The lowest BCUT2D eigenvalue weighted by molar-refractivity contribution is 0.0523. The number of ether oxygens (including phenoxy) is 2. The first kappa shape index (κ1) is 23.6. The van der Waals surface area contributed by atoms with Crippen molar-refractivity contribution < 1.29 is 14.3 Å². The van der Waals surface area contributed by atoms with Crippen LogP contribution in [0.4, 0.5) is 4.79 Å². The summed E-state index contributed by atoms with van der Waals surface area (Å²) < 4.78 is 10.5. The van der Waals surface area contributed by atoms with Crippen molar-refractivity contribution in [1.29, 1.82) is 0 Å². The van der Waals surface area contributed by atoms with Crippen molar-refractivity contribution in [2.45, 2.75) is 46.3 Å². The Hall–Kier alpha value is -2.67. The first-order valence-corrected chi connectivity index (χ1v) is 10.2. The van der Waals surface area contributed by atoms with Gasteiger partial charge >= 0.3 is 6.09 Å². The van der Waals surface area contributed by atoms with Crippen LogP contribution in [-0.4, -0.2) is 56.1 Å². The van der Waals surface area contributed by atoms with Crippen LogP contribution in [0.2, 0.25) is 0 Å². The molecular weight excluding hydrogens is 380 g/mol. The van der Waals surface area contributed by atoms with E-state index in [2.05, 4.69) is 26.9 Å². The molecule has 1 aromatic rings. The van der Waals surface area contributed by atoms with Gasteiger partial charge in [0.25, 0.3) is 0 Å². The second kappa shape index (κ2) is 10.9. The third kappa shape index (κ3) is 7.63. The van der Waals surface area contributed by atoms with Crippen LogP contribution >= 0.6 is 0 Å². The lowest BCUT2D eigenvalue weighted by Crippen LogP contribution is -2.32. The topological polar surface area (TPSA) is 75.5 Å². The van der Waals surface area contributed by atoms with E-state index in [0.717, 1.165) is 42.8 Å². The highest BCUT2D eigenvalue weighted by atomic mass is 16.6. The van der Waals surface area contributed by atoms with Gasteiger partial charge in [-0.05, 0) is 63.6 Å². The summed E-state index contributed by atoms with van der Waals surface area (Å²) in [4.78, 5) is 22.7. The molecule has 1 aliphatic rings. The minimum atomic E-state index is -0.515. The lowest BCUT2D eigenvalue weighted by Gasteiger charge is -2.19. The molecule has 30 heavy (non-hydrogen) atoms. The fourth-order valence-electron chi connectivity index (χ4n) is 3.25. The zero-order valence-electron chi connectivity index (χ0n) is 18.8. The Bertz CT molecular complexity index is 796. The largest absolute Gasteiger partial charge is 0.444 e. The Morgan fingerprint density at radius 3 is 2.83 bits per heavy atom. The predicted octanol–water partition coefficient (Wildman–Crippen LogP) is 4.10. The number of hydrogen-bond donors (Lipinski definition) is 1. The van der Waals surface area contributed by atoms with Gasteiger partial charge < -0.3 is 19.7 Å². The Labute approximate surface area is 179 Å². The van der Waals surface area contributed by atoms with E-state index in [0.29, 0.717) is 18.4 Å². The molecule has 0 bridgehead atoms. The summed E-state index contributed by atoms with van der Waals surface area (Å²) in [5.41, 5.74) is 2.50. The molecule has 0 spiro atoms. The summed E-state index contributed by atoms with van der Waals surface area (Å²) in [6, 6.07) is 7.98. The van der Waals surface area contributed by atoms with E-state index in [1.54, 1.807) is 7.11 Å². The average Bonchev–Trinajstić information content (AvgIpc) is 3.14. The van der Waals surface area contributed by atoms with E-state index in [1.165, 1.54) is 0 Å². The van der Waals surface area contributed by atoms with E-state index < -0.39 is 11.7 Å². The fraction of sp³-hybridized carbons (Fsp3) is 0.522. The highest BCUT2D eigenvalue weighted by molar-refractivity contribution is 5.85. The number of carbonyl (C=O) groups excluding carboxylic acids is 1. The lowest BCUT2D eigenvalue weighted by atomic mass is 10.1. The molecule has 1 N–H and O–H groups in total. The zero-order valence-corrected chi connectivity index (χ0v) is 18.8. The second-order valence-corrected chi connectivity index (χ2v) is 8.51. The fourth-order valence-corrected chi connectivity index (χ4v) is 3.25. The second-order valence-electron chi connectivity index (χ2n) is 8.51. The maximum Gasteiger partial charge on any atom is 0.407 e. The number of nitrogens with one attached hydrogen (secondary N) is 1. The van der Waals surface area contributed by atoms with Gasteiger partial charge in [-0.1, -0.05) is 18.2 Å². The van der Waals surface area contributed by atoms with Crippen LogP contribution in [0.5, 0.6) is 0 Å². The molecule has 164 valence electrons. The van der Waals surface area contributed by atoms with Crippen LogP contribution in [0.15, 0.2) is 40.5 Å². The molecule has 1 amide bonds. The van der Waals surface area contributed by atoms with Crippen molar-refractivity contribution >= 4 is 24.3 Å². The number of carbonyl (C=O) groups is 1. The molecule has 0 radical (unpaired) electrons. The van der Waals surface area contributed by atoms with Crippen LogP contribution in [-0.2, 0) is 16.0 Å². The van der Waals surface area contributed by atoms with Crippen LogP contribution in [0.3, 0.4) is 0 Å². The van der Waals surface area contributed by atoms with E-state index in [9.17, 15) is 4.79 Å². The highest BCUT2D eigenvalue weighted by Gasteiger charge is 2.24. The van der Waals surface area contributed by atoms with Gasteiger partial charge in [0.05, 0.1) is 6.61 Å².